The zero-order chi connectivity index (χ0) is 12.0. The number of amides is 1. The van der Waals surface area contributed by atoms with Crippen LogP contribution < -0.4 is 16.4 Å². The predicted molar refractivity (Wildman–Crippen MR) is 65.0 cm³/mol. The summed E-state index contributed by atoms with van der Waals surface area (Å²) in [5, 5.41) is 0. The van der Waals surface area contributed by atoms with Gasteiger partial charge in [-0.3, -0.25) is 4.79 Å². The molecular formula is C11H18N4O. The van der Waals surface area contributed by atoms with Gasteiger partial charge in [0.15, 0.2) is 0 Å². The molecule has 0 bridgehead atoms. The van der Waals surface area contributed by atoms with E-state index in [4.69, 9.17) is 11.5 Å². The van der Waals surface area contributed by atoms with E-state index >= 15 is 0 Å². The van der Waals surface area contributed by atoms with Crippen molar-refractivity contribution in [2.24, 2.45) is 5.73 Å². The summed E-state index contributed by atoms with van der Waals surface area (Å²) in [6, 6.07) is 5.36. The van der Waals surface area contributed by atoms with Crippen LogP contribution in [0, 0.1) is 0 Å². The predicted octanol–water partition coefficient (Wildman–Crippen LogP) is 0.756. The summed E-state index contributed by atoms with van der Waals surface area (Å²) >= 11 is 0. The highest BCUT2D eigenvalue weighted by atomic mass is 16.1. The average molecular weight is 222 g/mol. The zero-order valence-corrected chi connectivity index (χ0v) is 9.52. The molecule has 1 rings (SSSR count). The van der Waals surface area contributed by atoms with Crippen molar-refractivity contribution in [2.45, 2.75) is 19.8 Å². The number of hydrogen-bond acceptors (Lipinski definition) is 4. The lowest BCUT2D eigenvalue weighted by Gasteiger charge is -2.21. The highest BCUT2D eigenvalue weighted by Crippen LogP contribution is 2.12. The Morgan fingerprint density at radius 1 is 1.50 bits per heavy atom. The van der Waals surface area contributed by atoms with E-state index in [0.29, 0.717) is 11.6 Å². The number of nitrogens with zero attached hydrogens (tertiary/aromatic N) is 2. The Kier molecular flexibility index (Phi) is 4.57. The molecule has 0 spiro atoms. The smallest absolute Gasteiger partial charge is 0.236 e. The topological polar surface area (TPSA) is 85.2 Å². The Hall–Kier alpha value is -1.78. The number of aromatic nitrogens is 1. The van der Waals surface area contributed by atoms with Crippen LogP contribution in [-0.2, 0) is 4.79 Å². The second-order valence-corrected chi connectivity index (χ2v) is 3.66. The first-order valence-corrected chi connectivity index (χ1v) is 5.39. The monoisotopic (exact) mass is 222 g/mol. The number of rotatable bonds is 6. The van der Waals surface area contributed by atoms with Gasteiger partial charge in [0.1, 0.15) is 11.6 Å². The van der Waals surface area contributed by atoms with E-state index < -0.39 is 0 Å². The lowest BCUT2D eigenvalue weighted by Crippen LogP contribution is -2.35. The highest BCUT2D eigenvalue weighted by molar-refractivity contribution is 5.79. The molecule has 0 aliphatic heterocycles. The van der Waals surface area contributed by atoms with Gasteiger partial charge in [0.25, 0.3) is 0 Å². The average Bonchev–Trinajstić information content (AvgIpc) is 2.23. The second-order valence-electron chi connectivity index (χ2n) is 3.66. The summed E-state index contributed by atoms with van der Waals surface area (Å²) in [6.45, 7) is 3.03. The number of carbonyl (C=O) groups excluding carboxylic acids is 1. The third-order valence-corrected chi connectivity index (χ3v) is 2.21. The molecule has 0 aliphatic carbocycles. The minimum Gasteiger partial charge on any atom is -0.384 e. The molecule has 5 nitrogen and oxygen atoms in total. The molecule has 0 saturated heterocycles. The van der Waals surface area contributed by atoms with Crippen LogP contribution in [0.4, 0.5) is 11.6 Å². The molecule has 0 atom stereocenters. The molecule has 16 heavy (non-hydrogen) atoms. The molecule has 0 fully saturated rings. The van der Waals surface area contributed by atoms with Crippen LogP contribution in [0.3, 0.4) is 0 Å². The largest absolute Gasteiger partial charge is 0.384 e. The van der Waals surface area contributed by atoms with Crippen molar-refractivity contribution in [1.82, 2.24) is 4.98 Å². The van der Waals surface area contributed by atoms with Gasteiger partial charge in [-0.1, -0.05) is 19.4 Å². The van der Waals surface area contributed by atoms with Gasteiger partial charge in [0, 0.05) is 6.54 Å². The van der Waals surface area contributed by atoms with Gasteiger partial charge < -0.3 is 16.4 Å². The number of primary amides is 1. The minimum atomic E-state index is -0.361. The summed E-state index contributed by atoms with van der Waals surface area (Å²) in [5.74, 6) is 0.788. The Bertz CT molecular complexity index is 354. The minimum absolute atomic E-state index is 0.177. The van der Waals surface area contributed by atoms with E-state index in [0.717, 1.165) is 19.4 Å². The summed E-state index contributed by atoms with van der Waals surface area (Å²) < 4.78 is 0. The zero-order valence-electron chi connectivity index (χ0n) is 9.52. The molecule has 1 aromatic rings. The first-order valence-electron chi connectivity index (χ1n) is 5.39. The number of nitrogen functional groups attached to an aromatic ring is 1. The Balaban J connectivity index is 2.78. The standard InChI is InChI=1S/C11H18N4O/c1-2-3-7-15(8-10(13)16)11-6-4-5-9(12)14-11/h4-6H,2-3,7-8H2,1H3,(H2,12,14)(H2,13,16). The third-order valence-electron chi connectivity index (χ3n) is 2.21. The molecule has 0 unspecified atom stereocenters. The maximum atomic E-state index is 11.0. The summed E-state index contributed by atoms with van der Waals surface area (Å²) in [7, 11) is 0. The van der Waals surface area contributed by atoms with Crippen LogP contribution in [0.15, 0.2) is 18.2 Å². The normalized spacial score (nSPS) is 10.1. The van der Waals surface area contributed by atoms with Crippen molar-refractivity contribution in [2.75, 3.05) is 23.7 Å². The van der Waals surface area contributed by atoms with Gasteiger partial charge in [-0.05, 0) is 18.6 Å². The fraction of sp³-hybridized carbons (Fsp3) is 0.455. The van der Waals surface area contributed by atoms with Gasteiger partial charge in [-0.2, -0.15) is 0 Å². The molecule has 0 aliphatic rings. The van der Waals surface area contributed by atoms with Crippen molar-refractivity contribution >= 4 is 17.5 Å². The van der Waals surface area contributed by atoms with Crippen LogP contribution >= 0.6 is 0 Å². The van der Waals surface area contributed by atoms with Crippen molar-refractivity contribution in [3.8, 4) is 0 Å². The van der Waals surface area contributed by atoms with Gasteiger partial charge in [-0.15, -0.1) is 0 Å². The first-order chi connectivity index (χ1) is 7.63. The fourth-order valence-corrected chi connectivity index (χ4v) is 1.43. The van der Waals surface area contributed by atoms with E-state index in [9.17, 15) is 4.79 Å². The summed E-state index contributed by atoms with van der Waals surface area (Å²) in [4.78, 5) is 17.0. The van der Waals surface area contributed by atoms with E-state index in [1.807, 2.05) is 17.0 Å². The van der Waals surface area contributed by atoms with Crippen molar-refractivity contribution < 1.29 is 4.79 Å². The SMILES string of the molecule is CCCCN(CC(N)=O)c1cccc(N)n1. The van der Waals surface area contributed by atoms with Gasteiger partial charge in [-0.25, -0.2) is 4.98 Å². The van der Waals surface area contributed by atoms with E-state index in [-0.39, 0.29) is 12.5 Å². The molecule has 0 aromatic carbocycles. The highest BCUT2D eigenvalue weighted by Gasteiger charge is 2.10. The lowest BCUT2D eigenvalue weighted by atomic mass is 10.3. The number of pyridine rings is 1. The van der Waals surface area contributed by atoms with Crippen molar-refractivity contribution in [3.63, 3.8) is 0 Å². The van der Waals surface area contributed by atoms with Crippen LogP contribution in [0.5, 0.6) is 0 Å². The molecule has 1 heterocycles. The van der Waals surface area contributed by atoms with Crippen LogP contribution in [0.25, 0.3) is 0 Å². The molecule has 4 N–H and O–H groups in total. The van der Waals surface area contributed by atoms with Crippen LogP contribution in [-0.4, -0.2) is 24.0 Å². The summed E-state index contributed by atoms with van der Waals surface area (Å²) in [6.07, 6.45) is 2.04. The Morgan fingerprint density at radius 3 is 2.81 bits per heavy atom. The number of unbranched alkanes of at least 4 members (excludes halogenated alkanes) is 1. The summed E-state index contributed by atoms with van der Waals surface area (Å²) in [5.41, 5.74) is 10.8. The van der Waals surface area contributed by atoms with Gasteiger partial charge in [0.2, 0.25) is 5.91 Å². The molecular weight excluding hydrogens is 204 g/mol. The molecule has 5 heteroatoms. The Labute approximate surface area is 95.4 Å². The van der Waals surface area contributed by atoms with E-state index in [1.165, 1.54) is 0 Å². The number of carbonyl (C=O) groups is 1. The molecule has 0 radical (unpaired) electrons. The van der Waals surface area contributed by atoms with E-state index in [2.05, 4.69) is 11.9 Å². The van der Waals surface area contributed by atoms with Crippen LogP contribution in [0.2, 0.25) is 0 Å². The van der Waals surface area contributed by atoms with Crippen molar-refractivity contribution in [1.29, 1.82) is 0 Å². The maximum Gasteiger partial charge on any atom is 0.236 e. The van der Waals surface area contributed by atoms with Gasteiger partial charge in [0.05, 0.1) is 6.54 Å². The third kappa shape index (κ3) is 3.76. The van der Waals surface area contributed by atoms with Crippen LogP contribution in [0.1, 0.15) is 19.8 Å². The van der Waals surface area contributed by atoms with E-state index in [1.54, 1.807) is 6.07 Å². The molecule has 1 amide bonds. The second kappa shape index (κ2) is 5.95. The number of nitrogens with two attached hydrogens (primary N) is 2. The van der Waals surface area contributed by atoms with Gasteiger partial charge >= 0.3 is 0 Å². The maximum absolute atomic E-state index is 11.0. The van der Waals surface area contributed by atoms with Crippen molar-refractivity contribution in [3.05, 3.63) is 18.2 Å². The molecule has 1 aromatic heterocycles. The molecule has 0 saturated carbocycles. The first kappa shape index (κ1) is 12.3. The molecule has 88 valence electrons. The fourth-order valence-electron chi connectivity index (χ4n) is 1.43. The number of anilines is 2. The number of hydrogen-bond donors (Lipinski definition) is 2. The lowest BCUT2D eigenvalue weighted by molar-refractivity contribution is -0.116. The quantitative estimate of drug-likeness (QED) is 0.744. The Morgan fingerprint density at radius 2 is 2.25 bits per heavy atom.